The summed E-state index contributed by atoms with van der Waals surface area (Å²) < 4.78 is 17.0. The molecule has 0 aliphatic rings. The lowest BCUT2D eigenvalue weighted by molar-refractivity contribution is 0.627. The molecule has 0 fully saturated rings. The van der Waals surface area contributed by atoms with Crippen LogP contribution >= 0.6 is 15.9 Å². The van der Waals surface area contributed by atoms with E-state index in [2.05, 4.69) is 20.9 Å². The molecule has 108 valence electrons. The molecule has 0 aliphatic heterocycles. The lowest BCUT2D eigenvalue weighted by Crippen LogP contribution is -1.99. The SMILES string of the molecule is CCn1c(-c2cc(Br)ccc2F)nc2cc(CN)ccc21. The quantitative estimate of drug-likeness (QED) is 0.775. The summed E-state index contributed by atoms with van der Waals surface area (Å²) in [5, 5.41) is 0. The van der Waals surface area contributed by atoms with Crippen molar-refractivity contribution in [3.63, 3.8) is 0 Å². The molecule has 0 aliphatic carbocycles. The molecule has 0 atom stereocenters. The van der Waals surface area contributed by atoms with E-state index in [1.807, 2.05) is 29.7 Å². The Bertz CT molecular complexity index is 811. The highest BCUT2D eigenvalue weighted by Crippen LogP contribution is 2.29. The van der Waals surface area contributed by atoms with Gasteiger partial charge in [0.05, 0.1) is 16.6 Å². The number of nitrogens with zero attached hydrogens (tertiary/aromatic N) is 2. The highest BCUT2D eigenvalue weighted by molar-refractivity contribution is 9.10. The minimum atomic E-state index is -0.276. The van der Waals surface area contributed by atoms with Gasteiger partial charge in [-0.25, -0.2) is 9.37 Å². The maximum Gasteiger partial charge on any atom is 0.144 e. The molecule has 3 nitrogen and oxygen atoms in total. The third kappa shape index (κ3) is 2.47. The first-order chi connectivity index (χ1) is 10.1. The molecule has 0 radical (unpaired) electrons. The van der Waals surface area contributed by atoms with Crippen LogP contribution in [-0.4, -0.2) is 9.55 Å². The first kappa shape index (κ1) is 14.2. The summed E-state index contributed by atoms with van der Waals surface area (Å²) in [6.07, 6.45) is 0. The van der Waals surface area contributed by atoms with Gasteiger partial charge >= 0.3 is 0 Å². The Labute approximate surface area is 130 Å². The van der Waals surface area contributed by atoms with Crippen molar-refractivity contribution in [2.75, 3.05) is 0 Å². The summed E-state index contributed by atoms with van der Waals surface area (Å²) in [7, 11) is 0. The first-order valence-corrected chi connectivity index (χ1v) is 7.58. The number of imidazole rings is 1. The fraction of sp³-hybridized carbons (Fsp3) is 0.188. The molecule has 0 spiro atoms. The van der Waals surface area contributed by atoms with Crippen molar-refractivity contribution in [1.29, 1.82) is 0 Å². The van der Waals surface area contributed by atoms with Crippen molar-refractivity contribution in [2.24, 2.45) is 5.73 Å². The highest BCUT2D eigenvalue weighted by atomic mass is 79.9. The molecule has 2 aromatic carbocycles. The molecule has 21 heavy (non-hydrogen) atoms. The second kappa shape index (κ2) is 5.58. The van der Waals surface area contributed by atoms with Crippen LogP contribution < -0.4 is 5.73 Å². The van der Waals surface area contributed by atoms with Crippen molar-refractivity contribution >= 4 is 27.0 Å². The second-order valence-electron chi connectivity index (χ2n) is 4.83. The fourth-order valence-electron chi connectivity index (χ4n) is 2.50. The van der Waals surface area contributed by atoms with Gasteiger partial charge in [0.1, 0.15) is 11.6 Å². The van der Waals surface area contributed by atoms with E-state index >= 15 is 0 Å². The van der Waals surface area contributed by atoms with Gasteiger partial charge in [0, 0.05) is 17.6 Å². The number of rotatable bonds is 3. The number of aromatic nitrogens is 2. The Morgan fingerprint density at radius 1 is 1.24 bits per heavy atom. The number of halogens is 2. The van der Waals surface area contributed by atoms with Gasteiger partial charge in [-0.15, -0.1) is 0 Å². The van der Waals surface area contributed by atoms with Gasteiger partial charge in [0.15, 0.2) is 0 Å². The molecule has 3 rings (SSSR count). The maximum absolute atomic E-state index is 14.2. The summed E-state index contributed by atoms with van der Waals surface area (Å²) in [5.41, 5.74) is 9.02. The molecule has 0 amide bonds. The van der Waals surface area contributed by atoms with Gasteiger partial charge in [-0.1, -0.05) is 22.0 Å². The average Bonchev–Trinajstić information content (AvgIpc) is 2.86. The van der Waals surface area contributed by atoms with E-state index < -0.39 is 0 Å². The minimum Gasteiger partial charge on any atom is -0.326 e. The Morgan fingerprint density at radius 3 is 2.76 bits per heavy atom. The maximum atomic E-state index is 14.2. The molecule has 3 aromatic rings. The molecular weight excluding hydrogens is 333 g/mol. The smallest absolute Gasteiger partial charge is 0.144 e. The number of nitrogens with two attached hydrogens (primary N) is 1. The van der Waals surface area contributed by atoms with E-state index in [9.17, 15) is 4.39 Å². The van der Waals surface area contributed by atoms with E-state index in [0.717, 1.165) is 27.6 Å². The van der Waals surface area contributed by atoms with Crippen LogP contribution in [0.15, 0.2) is 40.9 Å². The first-order valence-electron chi connectivity index (χ1n) is 6.78. The number of hydrogen-bond donors (Lipinski definition) is 1. The van der Waals surface area contributed by atoms with Crippen LogP contribution in [0, 0.1) is 5.82 Å². The number of hydrogen-bond acceptors (Lipinski definition) is 2. The third-order valence-electron chi connectivity index (χ3n) is 3.53. The molecule has 1 heterocycles. The number of aryl methyl sites for hydroxylation is 1. The summed E-state index contributed by atoms with van der Waals surface area (Å²) in [5.74, 6) is 0.364. The normalized spacial score (nSPS) is 11.2. The van der Waals surface area contributed by atoms with E-state index in [-0.39, 0.29) is 5.82 Å². The molecule has 0 saturated carbocycles. The number of benzene rings is 2. The lowest BCUT2D eigenvalue weighted by atomic mass is 10.2. The van der Waals surface area contributed by atoms with Crippen LogP contribution in [-0.2, 0) is 13.1 Å². The van der Waals surface area contributed by atoms with Gasteiger partial charge in [-0.2, -0.15) is 0 Å². The van der Waals surface area contributed by atoms with Crippen molar-refractivity contribution in [2.45, 2.75) is 20.0 Å². The molecule has 1 aromatic heterocycles. The largest absolute Gasteiger partial charge is 0.326 e. The summed E-state index contributed by atoms with van der Waals surface area (Å²) in [6, 6.07) is 10.8. The molecule has 0 unspecified atom stereocenters. The van der Waals surface area contributed by atoms with E-state index in [0.29, 0.717) is 17.9 Å². The summed E-state index contributed by atoms with van der Waals surface area (Å²) >= 11 is 3.39. The van der Waals surface area contributed by atoms with Gasteiger partial charge < -0.3 is 10.3 Å². The zero-order chi connectivity index (χ0) is 15.0. The Balaban J connectivity index is 2.29. The van der Waals surface area contributed by atoms with Gasteiger partial charge in [0.2, 0.25) is 0 Å². The average molecular weight is 348 g/mol. The van der Waals surface area contributed by atoms with Crippen LogP contribution in [0.3, 0.4) is 0 Å². The van der Waals surface area contributed by atoms with Crippen molar-refractivity contribution in [3.8, 4) is 11.4 Å². The summed E-state index contributed by atoms with van der Waals surface area (Å²) in [6.45, 7) is 3.21. The summed E-state index contributed by atoms with van der Waals surface area (Å²) in [4.78, 5) is 4.61. The standard InChI is InChI=1S/C16H15BrFN3/c1-2-21-15-6-3-10(9-19)7-14(15)20-16(21)12-8-11(17)4-5-13(12)18/h3-8H,2,9,19H2,1H3. The highest BCUT2D eigenvalue weighted by Gasteiger charge is 2.15. The topological polar surface area (TPSA) is 43.8 Å². The molecule has 0 bridgehead atoms. The van der Waals surface area contributed by atoms with E-state index in [1.165, 1.54) is 6.07 Å². The molecule has 5 heteroatoms. The van der Waals surface area contributed by atoms with Crippen LogP contribution in [0.25, 0.3) is 22.4 Å². The zero-order valence-corrected chi connectivity index (χ0v) is 13.2. The van der Waals surface area contributed by atoms with Crippen molar-refractivity contribution < 1.29 is 4.39 Å². The third-order valence-corrected chi connectivity index (χ3v) is 4.03. The van der Waals surface area contributed by atoms with Gasteiger partial charge in [-0.3, -0.25) is 0 Å². The lowest BCUT2D eigenvalue weighted by Gasteiger charge is -2.07. The van der Waals surface area contributed by atoms with Crippen molar-refractivity contribution in [1.82, 2.24) is 9.55 Å². The molecule has 2 N–H and O–H groups in total. The Hall–Kier alpha value is -1.72. The van der Waals surface area contributed by atoms with Crippen LogP contribution in [0.5, 0.6) is 0 Å². The van der Waals surface area contributed by atoms with Crippen LogP contribution in [0.2, 0.25) is 0 Å². The Morgan fingerprint density at radius 2 is 2.05 bits per heavy atom. The Kier molecular flexibility index (Phi) is 3.78. The molecular formula is C16H15BrFN3. The zero-order valence-electron chi connectivity index (χ0n) is 11.6. The van der Waals surface area contributed by atoms with Gasteiger partial charge in [-0.05, 0) is 42.8 Å². The van der Waals surface area contributed by atoms with E-state index in [1.54, 1.807) is 12.1 Å². The van der Waals surface area contributed by atoms with E-state index in [4.69, 9.17) is 5.73 Å². The molecule has 0 saturated heterocycles. The van der Waals surface area contributed by atoms with Gasteiger partial charge in [0.25, 0.3) is 0 Å². The number of fused-ring (bicyclic) bond motifs is 1. The fourth-order valence-corrected chi connectivity index (χ4v) is 2.86. The monoisotopic (exact) mass is 347 g/mol. The van der Waals surface area contributed by atoms with Crippen LogP contribution in [0.4, 0.5) is 4.39 Å². The second-order valence-corrected chi connectivity index (χ2v) is 5.75. The predicted molar refractivity (Wildman–Crippen MR) is 86.4 cm³/mol. The minimum absolute atomic E-state index is 0.276. The predicted octanol–water partition coefficient (Wildman–Crippen LogP) is 4.08. The van der Waals surface area contributed by atoms with Crippen molar-refractivity contribution in [3.05, 3.63) is 52.3 Å². The van der Waals surface area contributed by atoms with Crippen LogP contribution in [0.1, 0.15) is 12.5 Å².